The number of hydrogen-bond acceptors (Lipinski definition) is 5. The van der Waals surface area contributed by atoms with Gasteiger partial charge in [0.15, 0.2) is 0 Å². The van der Waals surface area contributed by atoms with Crippen LogP contribution in [0.15, 0.2) is 53.3 Å². The molecule has 8 heteroatoms. The fourth-order valence-corrected chi connectivity index (χ4v) is 5.06. The van der Waals surface area contributed by atoms with Crippen LogP contribution in [0.2, 0.25) is 0 Å². The van der Waals surface area contributed by atoms with Crippen molar-refractivity contribution in [3.63, 3.8) is 0 Å². The molecule has 0 fully saturated rings. The van der Waals surface area contributed by atoms with E-state index in [1.807, 2.05) is 49.4 Å². The van der Waals surface area contributed by atoms with Crippen LogP contribution >= 0.6 is 0 Å². The van der Waals surface area contributed by atoms with E-state index < -0.39 is 6.09 Å². The monoisotopic (exact) mass is 486 g/mol. The number of fused-ring (bicyclic) bond motifs is 2. The molecule has 0 bridgehead atoms. The Balaban J connectivity index is 1.47. The molecule has 2 amide bonds. The zero-order chi connectivity index (χ0) is 25.2. The van der Waals surface area contributed by atoms with Crippen molar-refractivity contribution in [3.8, 4) is 11.4 Å². The number of aryl methyl sites for hydroxylation is 2. The summed E-state index contributed by atoms with van der Waals surface area (Å²) in [6, 6.07) is 15.8. The maximum Gasteiger partial charge on any atom is 0.410 e. The van der Waals surface area contributed by atoms with E-state index in [9.17, 15) is 14.4 Å². The lowest BCUT2D eigenvalue weighted by Crippen LogP contribution is -2.42. The molecule has 1 aromatic heterocycles. The SMILES string of the molecule is CCOC(=O)N1CCc2c(nc(-c3ccc(C)cc3)n(CC(=O)N[C@@H]3CCc4ccccc43)c2=O)C1. The Morgan fingerprint density at radius 2 is 1.89 bits per heavy atom. The maximum absolute atomic E-state index is 13.7. The number of nitrogens with zero attached hydrogens (tertiary/aromatic N) is 3. The van der Waals surface area contributed by atoms with E-state index in [2.05, 4.69) is 11.4 Å². The van der Waals surface area contributed by atoms with Gasteiger partial charge in [0.05, 0.1) is 24.9 Å². The van der Waals surface area contributed by atoms with Gasteiger partial charge in [-0.15, -0.1) is 0 Å². The van der Waals surface area contributed by atoms with Crippen LogP contribution in [0, 0.1) is 6.92 Å². The summed E-state index contributed by atoms with van der Waals surface area (Å²) in [4.78, 5) is 45.5. The third-order valence-corrected chi connectivity index (χ3v) is 6.93. The van der Waals surface area contributed by atoms with Gasteiger partial charge in [0.2, 0.25) is 5.91 Å². The van der Waals surface area contributed by atoms with Gasteiger partial charge in [-0.05, 0) is 44.2 Å². The summed E-state index contributed by atoms with van der Waals surface area (Å²) in [7, 11) is 0. The number of aromatic nitrogens is 2. The smallest absolute Gasteiger partial charge is 0.410 e. The Kier molecular flexibility index (Phi) is 6.59. The minimum absolute atomic E-state index is 0.0593. The summed E-state index contributed by atoms with van der Waals surface area (Å²) in [6.45, 7) is 4.49. The standard InChI is InChI=1S/C28H30N4O4/c1-3-36-28(35)31-15-14-22-24(16-31)30-26(20-10-8-18(2)9-11-20)32(27(22)34)17-25(33)29-23-13-12-19-6-4-5-7-21(19)23/h4-11,23H,3,12-17H2,1-2H3,(H,29,33)/t23-/m1/s1. The van der Waals surface area contributed by atoms with Crippen LogP contribution in [0.25, 0.3) is 11.4 Å². The van der Waals surface area contributed by atoms with Crippen molar-refractivity contribution in [1.82, 2.24) is 19.8 Å². The highest BCUT2D eigenvalue weighted by molar-refractivity contribution is 5.77. The van der Waals surface area contributed by atoms with Gasteiger partial charge in [-0.2, -0.15) is 0 Å². The lowest BCUT2D eigenvalue weighted by Gasteiger charge is -2.28. The molecule has 1 N–H and O–H groups in total. The lowest BCUT2D eigenvalue weighted by molar-refractivity contribution is -0.122. The van der Waals surface area contributed by atoms with E-state index in [1.165, 1.54) is 10.1 Å². The molecular weight excluding hydrogens is 456 g/mol. The van der Waals surface area contributed by atoms with Crippen molar-refractivity contribution < 1.29 is 14.3 Å². The van der Waals surface area contributed by atoms with Gasteiger partial charge in [-0.1, -0.05) is 54.1 Å². The van der Waals surface area contributed by atoms with Gasteiger partial charge < -0.3 is 15.0 Å². The van der Waals surface area contributed by atoms with E-state index in [-0.39, 0.29) is 37.2 Å². The fraction of sp³-hybridized carbons (Fsp3) is 0.357. The average molecular weight is 487 g/mol. The Labute approximate surface area is 209 Å². The number of carbonyl (C=O) groups is 2. The molecule has 2 aliphatic rings. The van der Waals surface area contributed by atoms with E-state index in [0.717, 1.165) is 29.5 Å². The summed E-state index contributed by atoms with van der Waals surface area (Å²) >= 11 is 0. The molecular formula is C28H30N4O4. The van der Waals surface area contributed by atoms with E-state index >= 15 is 0 Å². The number of amides is 2. The molecule has 1 aliphatic carbocycles. The average Bonchev–Trinajstić information content (AvgIpc) is 3.28. The molecule has 1 aliphatic heterocycles. The normalized spacial score (nSPS) is 16.3. The van der Waals surface area contributed by atoms with Crippen molar-refractivity contribution in [3.05, 3.63) is 86.8 Å². The number of rotatable bonds is 5. The zero-order valence-corrected chi connectivity index (χ0v) is 20.6. The summed E-state index contributed by atoms with van der Waals surface area (Å²) in [6.07, 6.45) is 1.72. The number of hydrogen-bond donors (Lipinski definition) is 1. The molecule has 0 saturated heterocycles. The fourth-order valence-electron chi connectivity index (χ4n) is 5.06. The van der Waals surface area contributed by atoms with E-state index in [4.69, 9.17) is 9.72 Å². The third-order valence-electron chi connectivity index (χ3n) is 6.93. The van der Waals surface area contributed by atoms with Gasteiger partial charge in [0.25, 0.3) is 5.56 Å². The minimum Gasteiger partial charge on any atom is -0.450 e. The number of benzene rings is 2. The Hall–Kier alpha value is -3.94. The first-order chi connectivity index (χ1) is 17.4. The molecule has 3 aromatic rings. The van der Waals surface area contributed by atoms with Gasteiger partial charge >= 0.3 is 6.09 Å². The van der Waals surface area contributed by atoms with Crippen LogP contribution in [0.4, 0.5) is 4.79 Å². The van der Waals surface area contributed by atoms with Gasteiger partial charge in [0.1, 0.15) is 12.4 Å². The van der Waals surface area contributed by atoms with Crippen molar-refractivity contribution in [2.24, 2.45) is 0 Å². The molecule has 0 unspecified atom stereocenters. The molecule has 2 heterocycles. The van der Waals surface area contributed by atoms with Crippen molar-refractivity contribution in [1.29, 1.82) is 0 Å². The van der Waals surface area contributed by atoms with Crippen LogP contribution < -0.4 is 10.9 Å². The molecule has 1 atom stereocenters. The predicted octanol–water partition coefficient (Wildman–Crippen LogP) is 3.54. The summed E-state index contributed by atoms with van der Waals surface area (Å²) < 4.78 is 6.61. The second-order valence-corrected chi connectivity index (χ2v) is 9.35. The Bertz CT molecular complexity index is 1360. The molecule has 8 nitrogen and oxygen atoms in total. The van der Waals surface area contributed by atoms with Crippen LogP contribution in [-0.2, 0) is 35.5 Å². The molecule has 0 radical (unpaired) electrons. The number of carbonyl (C=O) groups excluding carboxylic acids is 2. The molecule has 2 aromatic carbocycles. The first-order valence-electron chi connectivity index (χ1n) is 12.4. The highest BCUT2D eigenvalue weighted by atomic mass is 16.6. The second kappa shape index (κ2) is 9.97. The second-order valence-electron chi connectivity index (χ2n) is 9.35. The highest BCUT2D eigenvalue weighted by Crippen LogP contribution is 2.30. The van der Waals surface area contributed by atoms with E-state index in [1.54, 1.807) is 11.8 Å². The third kappa shape index (κ3) is 4.63. The maximum atomic E-state index is 13.7. The molecule has 0 saturated carbocycles. The summed E-state index contributed by atoms with van der Waals surface area (Å²) in [5, 5.41) is 3.12. The number of nitrogens with one attached hydrogen (secondary N) is 1. The molecule has 0 spiro atoms. The van der Waals surface area contributed by atoms with Crippen molar-refractivity contribution >= 4 is 12.0 Å². The first-order valence-corrected chi connectivity index (χ1v) is 12.4. The predicted molar refractivity (Wildman–Crippen MR) is 135 cm³/mol. The topological polar surface area (TPSA) is 93.5 Å². The Morgan fingerprint density at radius 1 is 1.11 bits per heavy atom. The first kappa shape index (κ1) is 23.8. The van der Waals surface area contributed by atoms with E-state index in [0.29, 0.717) is 30.0 Å². The zero-order valence-electron chi connectivity index (χ0n) is 20.6. The number of ether oxygens (including phenoxy) is 1. The lowest BCUT2D eigenvalue weighted by atomic mass is 10.1. The van der Waals surface area contributed by atoms with Gasteiger partial charge in [0, 0.05) is 17.7 Å². The molecule has 36 heavy (non-hydrogen) atoms. The molecule has 186 valence electrons. The van der Waals surface area contributed by atoms with Crippen LogP contribution in [0.5, 0.6) is 0 Å². The highest BCUT2D eigenvalue weighted by Gasteiger charge is 2.29. The van der Waals surface area contributed by atoms with Crippen LogP contribution in [0.3, 0.4) is 0 Å². The van der Waals surface area contributed by atoms with Crippen LogP contribution in [0.1, 0.15) is 47.3 Å². The van der Waals surface area contributed by atoms with Gasteiger partial charge in [-0.3, -0.25) is 14.2 Å². The van der Waals surface area contributed by atoms with Crippen molar-refractivity contribution in [2.75, 3.05) is 13.2 Å². The van der Waals surface area contributed by atoms with Crippen LogP contribution in [-0.4, -0.2) is 39.6 Å². The minimum atomic E-state index is -0.415. The summed E-state index contributed by atoms with van der Waals surface area (Å²) in [5.74, 6) is 0.198. The Morgan fingerprint density at radius 3 is 2.67 bits per heavy atom. The molecule has 5 rings (SSSR count). The summed E-state index contributed by atoms with van der Waals surface area (Å²) in [5.41, 5.74) is 5.08. The largest absolute Gasteiger partial charge is 0.450 e. The van der Waals surface area contributed by atoms with Crippen molar-refractivity contribution in [2.45, 2.75) is 52.2 Å². The van der Waals surface area contributed by atoms with Gasteiger partial charge in [-0.25, -0.2) is 9.78 Å². The quantitative estimate of drug-likeness (QED) is 0.596.